The highest BCUT2D eigenvalue weighted by atomic mass is 31.2. The summed E-state index contributed by atoms with van der Waals surface area (Å²) in [5.74, 6) is 1.12. The standard InChI is InChI=1S/C52H57N4O8PSi/c1-36(2)50(57)53-48-30-31-55(51(58)54-48)49-33-45(63-65-56-32-29-44(56)47(64-65)35-66(5,42-17-11-7-12-18-42)43-19-13-8-14-20-43)46(62-49)34-61-52(37-15-9-6-10-16-37,38-21-25-40(59-3)26-22-38)39-23-27-41(60-4)28-24-39/h6-28,30-31,36,44-47,49H,29,32-35H2,1-5H3,(H,53,54,57,58)/t44-,45-,46+,47+,49+,65?/m0/s1. The molecule has 6 atom stereocenters. The molecule has 1 unspecified atom stereocenters. The summed E-state index contributed by atoms with van der Waals surface area (Å²) < 4.78 is 43.5. The Morgan fingerprint density at radius 2 is 1.36 bits per heavy atom. The van der Waals surface area contributed by atoms with Gasteiger partial charge >= 0.3 is 5.69 Å². The first-order valence-electron chi connectivity index (χ1n) is 22.6. The predicted octanol–water partition coefficient (Wildman–Crippen LogP) is 8.13. The summed E-state index contributed by atoms with van der Waals surface area (Å²) in [5, 5.41) is 5.48. The third-order valence-corrected chi connectivity index (χ3v) is 19.5. The molecule has 3 saturated heterocycles. The highest BCUT2D eigenvalue weighted by Gasteiger charge is 2.54. The number of fused-ring (bicyclic) bond motifs is 1. The van der Waals surface area contributed by atoms with E-state index < -0.39 is 46.3 Å². The number of hydrogen-bond donors (Lipinski definition) is 1. The lowest BCUT2D eigenvalue weighted by molar-refractivity contribution is -0.118. The first kappa shape index (κ1) is 45.6. The van der Waals surface area contributed by atoms with Crippen LogP contribution in [0.15, 0.2) is 157 Å². The van der Waals surface area contributed by atoms with Crippen molar-refractivity contribution in [2.45, 2.75) is 75.5 Å². The molecule has 14 heteroatoms. The Bertz CT molecular complexity index is 2540. The SMILES string of the molecule is COc1ccc(C(OC[C@H]2O[C@@H](n3ccc(NC(=O)C(C)C)nc3=O)C[C@@H]2OP2O[C@H](C[Si](C)(c3ccccc3)c3ccccc3)[C@@H]3CCN32)(c2ccccc2)c2ccc(OC)cc2)cc1. The molecule has 3 aliphatic heterocycles. The first-order valence-corrected chi connectivity index (χ1v) is 26.5. The lowest BCUT2D eigenvalue weighted by atomic mass is 9.80. The van der Waals surface area contributed by atoms with Gasteiger partial charge in [0.1, 0.15) is 43.3 Å². The van der Waals surface area contributed by atoms with Gasteiger partial charge in [0.15, 0.2) is 0 Å². The van der Waals surface area contributed by atoms with Crippen molar-refractivity contribution in [2.75, 3.05) is 32.7 Å². The van der Waals surface area contributed by atoms with Crippen molar-refractivity contribution in [3.05, 3.63) is 179 Å². The summed E-state index contributed by atoms with van der Waals surface area (Å²) in [4.78, 5) is 30.5. The smallest absolute Gasteiger partial charge is 0.351 e. The molecule has 342 valence electrons. The second-order valence-electron chi connectivity index (χ2n) is 17.6. The summed E-state index contributed by atoms with van der Waals surface area (Å²) in [6.07, 6.45) is 1.06. The Balaban J connectivity index is 1.05. The molecule has 9 rings (SSSR count). The molecule has 12 nitrogen and oxygen atoms in total. The van der Waals surface area contributed by atoms with Gasteiger partial charge in [0.2, 0.25) is 5.91 Å². The minimum absolute atomic E-state index is 0.0222. The number of methoxy groups -OCH3 is 2. The van der Waals surface area contributed by atoms with E-state index in [0.717, 1.165) is 47.2 Å². The van der Waals surface area contributed by atoms with Crippen molar-refractivity contribution in [3.8, 4) is 11.5 Å². The average molecular weight is 925 g/mol. The monoisotopic (exact) mass is 924 g/mol. The maximum absolute atomic E-state index is 13.7. The fraction of sp³-hybridized carbons (Fsp3) is 0.327. The number of nitrogens with one attached hydrogen (secondary N) is 1. The van der Waals surface area contributed by atoms with Crippen LogP contribution in [-0.4, -0.2) is 79.9 Å². The van der Waals surface area contributed by atoms with Gasteiger partial charge in [0.25, 0.3) is 8.53 Å². The Morgan fingerprint density at radius 3 is 1.88 bits per heavy atom. The Hall–Kier alpha value is -5.50. The number of carbonyl (C=O) groups is 1. The van der Waals surface area contributed by atoms with E-state index in [-0.39, 0.29) is 36.4 Å². The van der Waals surface area contributed by atoms with Gasteiger partial charge in [-0.1, -0.05) is 146 Å². The second kappa shape index (κ2) is 19.8. The molecule has 4 heterocycles. The van der Waals surface area contributed by atoms with E-state index in [1.54, 1.807) is 40.3 Å². The molecular formula is C52H57N4O8PSi. The molecule has 1 aromatic heterocycles. The van der Waals surface area contributed by atoms with Crippen molar-refractivity contribution in [2.24, 2.45) is 5.92 Å². The molecule has 0 spiro atoms. The Morgan fingerprint density at radius 1 is 0.803 bits per heavy atom. The van der Waals surface area contributed by atoms with Crippen LogP contribution in [0.2, 0.25) is 12.6 Å². The van der Waals surface area contributed by atoms with Crippen LogP contribution in [0.25, 0.3) is 0 Å². The average Bonchev–Trinajstić information content (AvgIpc) is 3.84. The maximum Gasteiger partial charge on any atom is 0.351 e. The van der Waals surface area contributed by atoms with E-state index in [9.17, 15) is 9.59 Å². The molecule has 3 aliphatic rings. The van der Waals surface area contributed by atoms with E-state index >= 15 is 0 Å². The molecule has 5 aromatic carbocycles. The predicted molar refractivity (Wildman–Crippen MR) is 259 cm³/mol. The third kappa shape index (κ3) is 9.14. The molecule has 3 fully saturated rings. The van der Waals surface area contributed by atoms with Crippen LogP contribution in [0.5, 0.6) is 11.5 Å². The van der Waals surface area contributed by atoms with Gasteiger partial charge in [-0.25, -0.2) is 9.46 Å². The summed E-state index contributed by atoms with van der Waals surface area (Å²) in [5.41, 5.74) is 1.00. The number of ether oxygens (including phenoxy) is 4. The van der Waals surface area contributed by atoms with Crippen LogP contribution in [-0.2, 0) is 28.9 Å². The number of nitrogens with zero attached hydrogens (tertiary/aromatic N) is 3. The number of rotatable bonds is 17. The fourth-order valence-corrected chi connectivity index (χ4v) is 15.3. The molecule has 0 saturated carbocycles. The normalized spacial score (nSPS) is 21.8. The quantitative estimate of drug-likeness (QED) is 0.0546. The Labute approximate surface area is 388 Å². The summed E-state index contributed by atoms with van der Waals surface area (Å²) in [7, 11) is -0.430. The van der Waals surface area contributed by atoms with Gasteiger partial charge in [0.05, 0.1) is 33.0 Å². The summed E-state index contributed by atoms with van der Waals surface area (Å²) in [6, 6.07) is 50.5. The van der Waals surface area contributed by atoms with Gasteiger partial charge < -0.3 is 33.3 Å². The molecule has 66 heavy (non-hydrogen) atoms. The zero-order chi connectivity index (χ0) is 45.8. The molecule has 0 radical (unpaired) electrons. The molecule has 6 aromatic rings. The van der Waals surface area contributed by atoms with Crippen LogP contribution in [0.1, 0.15) is 49.6 Å². The highest BCUT2D eigenvalue weighted by molar-refractivity contribution is 7.45. The van der Waals surface area contributed by atoms with Crippen LogP contribution in [0, 0.1) is 5.92 Å². The van der Waals surface area contributed by atoms with Crippen LogP contribution in [0.4, 0.5) is 5.82 Å². The van der Waals surface area contributed by atoms with E-state index in [1.165, 1.54) is 14.9 Å². The lowest BCUT2D eigenvalue weighted by Crippen LogP contribution is -2.59. The van der Waals surface area contributed by atoms with Gasteiger partial charge in [-0.3, -0.25) is 9.36 Å². The topological polar surface area (TPSA) is 123 Å². The van der Waals surface area contributed by atoms with Gasteiger partial charge in [-0.2, -0.15) is 4.98 Å². The first-order chi connectivity index (χ1) is 32.1. The van der Waals surface area contributed by atoms with E-state index in [1.807, 2.05) is 66.7 Å². The van der Waals surface area contributed by atoms with E-state index in [4.69, 9.17) is 28.0 Å². The molecule has 1 N–H and O–H groups in total. The lowest BCUT2D eigenvalue weighted by Gasteiger charge is -2.39. The van der Waals surface area contributed by atoms with Crippen LogP contribution in [0.3, 0.4) is 0 Å². The van der Waals surface area contributed by atoms with Crippen molar-refractivity contribution in [1.29, 1.82) is 0 Å². The summed E-state index contributed by atoms with van der Waals surface area (Å²) >= 11 is 0. The third-order valence-electron chi connectivity index (χ3n) is 13.3. The van der Waals surface area contributed by atoms with Crippen LogP contribution < -0.4 is 30.9 Å². The van der Waals surface area contributed by atoms with Gasteiger partial charge in [-0.15, -0.1) is 0 Å². The molecule has 1 amide bonds. The maximum atomic E-state index is 13.7. The number of carbonyl (C=O) groups excluding carboxylic acids is 1. The number of hydrogen-bond acceptors (Lipinski definition) is 10. The van der Waals surface area contributed by atoms with Crippen molar-refractivity contribution >= 4 is 38.7 Å². The zero-order valence-corrected chi connectivity index (χ0v) is 39.9. The van der Waals surface area contributed by atoms with E-state index in [0.29, 0.717) is 6.42 Å². The van der Waals surface area contributed by atoms with Crippen molar-refractivity contribution in [3.63, 3.8) is 0 Å². The number of aromatic nitrogens is 2. The van der Waals surface area contributed by atoms with Gasteiger partial charge in [0, 0.05) is 31.1 Å². The minimum atomic E-state index is -2.25. The number of anilines is 1. The highest BCUT2D eigenvalue weighted by Crippen LogP contribution is 2.60. The van der Waals surface area contributed by atoms with Crippen LogP contribution >= 0.6 is 8.53 Å². The molecule has 0 aliphatic carbocycles. The van der Waals surface area contributed by atoms with Crippen molar-refractivity contribution < 1.29 is 32.8 Å². The van der Waals surface area contributed by atoms with E-state index in [2.05, 4.69) is 94.3 Å². The Kier molecular flexibility index (Phi) is 13.7. The second-order valence-corrected chi connectivity index (χ2v) is 23.3. The largest absolute Gasteiger partial charge is 0.497 e. The van der Waals surface area contributed by atoms with Gasteiger partial charge in [-0.05, 0) is 59.5 Å². The summed E-state index contributed by atoms with van der Waals surface area (Å²) in [6.45, 7) is 6.98. The molecule has 0 bridgehead atoms. The minimum Gasteiger partial charge on any atom is -0.497 e. The number of amides is 1. The fourth-order valence-electron chi connectivity index (χ4n) is 9.40. The van der Waals surface area contributed by atoms with Crippen molar-refractivity contribution in [1.82, 2.24) is 14.2 Å². The zero-order valence-electron chi connectivity index (χ0n) is 38.0. The molecular weight excluding hydrogens is 868 g/mol. The number of benzene rings is 5.